The molecule has 2 aromatic rings. The smallest absolute Gasteiger partial charge is 0.410 e. The molecule has 0 radical (unpaired) electrons. The van der Waals surface area contributed by atoms with Crippen LogP contribution in [-0.4, -0.2) is 52.2 Å². The molecular formula is C20H23N3O4. The average molecular weight is 369 g/mol. The highest BCUT2D eigenvalue weighted by Gasteiger charge is 2.47. The lowest BCUT2D eigenvalue weighted by atomic mass is 9.91. The number of rotatable bonds is 3. The van der Waals surface area contributed by atoms with Gasteiger partial charge in [-0.15, -0.1) is 0 Å². The number of piperidine rings is 1. The first-order valence-corrected chi connectivity index (χ1v) is 9.19. The third-order valence-corrected chi connectivity index (χ3v) is 5.31. The van der Waals surface area contributed by atoms with Crippen LogP contribution in [0.25, 0.3) is 0 Å². The number of hydrogen-bond donors (Lipinski definition) is 0. The fourth-order valence-corrected chi connectivity index (χ4v) is 4.05. The van der Waals surface area contributed by atoms with E-state index in [2.05, 4.69) is 37.2 Å². The average Bonchev–Trinajstić information content (AvgIpc) is 3.23. The Hall–Kier alpha value is -2.83. The van der Waals surface area contributed by atoms with Crippen LogP contribution in [0.4, 0.5) is 4.79 Å². The molecule has 2 aliphatic heterocycles. The normalized spacial score (nSPS) is 18.8. The molecule has 27 heavy (non-hydrogen) atoms. The van der Waals surface area contributed by atoms with E-state index >= 15 is 0 Å². The summed E-state index contributed by atoms with van der Waals surface area (Å²) in [7, 11) is 0. The van der Waals surface area contributed by atoms with E-state index in [1.54, 1.807) is 15.9 Å². The number of ether oxygens (including phenoxy) is 1. The van der Waals surface area contributed by atoms with Crippen molar-refractivity contribution in [3.05, 3.63) is 52.9 Å². The van der Waals surface area contributed by atoms with Crippen LogP contribution < -0.4 is 0 Å². The Labute approximate surface area is 157 Å². The van der Waals surface area contributed by atoms with Crippen LogP contribution in [0.2, 0.25) is 0 Å². The van der Waals surface area contributed by atoms with E-state index in [1.165, 1.54) is 17.3 Å². The van der Waals surface area contributed by atoms with Crippen molar-refractivity contribution in [1.82, 2.24) is 15.0 Å². The van der Waals surface area contributed by atoms with E-state index in [0.29, 0.717) is 39.0 Å². The summed E-state index contributed by atoms with van der Waals surface area (Å²) in [6.45, 7) is 6.28. The van der Waals surface area contributed by atoms with Crippen molar-refractivity contribution in [2.75, 3.05) is 19.6 Å². The lowest BCUT2D eigenvalue weighted by molar-refractivity contribution is 0.00204. The number of likely N-dealkylation sites (tertiary alicyclic amines) is 1. The molecule has 0 unspecified atom stereocenters. The Kier molecular flexibility index (Phi) is 4.37. The van der Waals surface area contributed by atoms with E-state index in [0.717, 1.165) is 5.56 Å². The SMILES string of the molecule is Cc1cc(C)cc(CN2CC3(CCN(C(=O)c4ccno4)CC3)OC2=O)c1. The van der Waals surface area contributed by atoms with Crippen LogP contribution in [0.15, 0.2) is 35.0 Å². The standard InChI is InChI=1S/C20H23N3O4/c1-14-9-15(2)11-16(10-14)12-23-13-20(26-19(23)25)4-7-22(8-5-20)18(24)17-3-6-21-27-17/h3,6,9-11H,4-5,7-8,12-13H2,1-2H3. The van der Waals surface area contributed by atoms with Gasteiger partial charge in [0, 0.05) is 38.5 Å². The highest BCUT2D eigenvalue weighted by Crippen LogP contribution is 2.34. The van der Waals surface area contributed by atoms with E-state index in [4.69, 9.17) is 9.26 Å². The summed E-state index contributed by atoms with van der Waals surface area (Å²) >= 11 is 0. The number of aryl methyl sites for hydroxylation is 2. The Morgan fingerprint density at radius 3 is 2.52 bits per heavy atom. The summed E-state index contributed by atoms with van der Waals surface area (Å²) in [5.41, 5.74) is 2.98. The molecule has 2 aliphatic rings. The largest absolute Gasteiger partial charge is 0.441 e. The maximum Gasteiger partial charge on any atom is 0.410 e. The minimum Gasteiger partial charge on any atom is -0.441 e. The zero-order valence-electron chi connectivity index (χ0n) is 15.6. The predicted octanol–water partition coefficient (Wildman–Crippen LogP) is 2.92. The summed E-state index contributed by atoms with van der Waals surface area (Å²) in [5.74, 6) is 0.0737. The maximum atomic E-state index is 12.4. The van der Waals surface area contributed by atoms with Crippen molar-refractivity contribution < 1.29 is 18.8 Å². The fraction of sp³-hybridized carbons (Fsp3) is 0.450. The van der Waals surface area contributed by atoms with Gasteiger partial charge in [0.15, 0.2) is 0 Å². The van der Waals surface area contributed by atoms with E-state index in [1.807, 2.05) is 0 Å². The van der Waals surface area contributed by atoms with Crippen LogP contribution in [0.3, 0.4) is 0 Å². The van der Waals surface area contributed by atoms with Gasteiger partial charge in [-0.2, -0.15) is 0 Å². The zero-order chi connectivity index (χ0) is 19.0. The number of benzene rings is 1. The molecule has 2 amide bonds. The number of carbonyl (C=O) groups is 2. The van der Waals surface area contributed by atoms with Gasteiger partial charge in [-0.3, -0.25) is 9.69 Å². The van der Waals surface area contributed by atoms with Crippen LogP contribution in [0.1, 0.15) is 40.1 Å². The number of amides is 2. The summed E-state index contributed by atoms with van der Waals surface area (Å²) in [6.07, 6.45) is 2.44. The molecule has 7 nitrogen and oxygen atoms in total. The maximum absolute atomic E-state index is 12.4. The number of hydrogen-bond acceptors (Lipinski definition) is 5. The van der Waals surface area contributed by atoms with Crippen molar-refractivity contribution in [2.45, 2.75) is 38.8 Å². The summed E-state index contributed by atoms with van der Waals surface area (Å²) in [4.78, 5) is 28.3. The minimum absolute atomic E-state index is 0.168. The first-order valence-electron chi connectivity index (χ1n) is 9.19. The van der Waals surface area contributed by atoms with Crippen molar-refractivity contribution >= 4 is 12.0 Å². The van der Waals surface area contributed by atoms with Gasteiger partial charge in [0.25, 0.3) is 5.91 Å². The summed E-state index contributed by atoms with van der Waals surface area (Å²) < 4.78 is 10.7. The highest BCUT2D eigenvalue weighted by molar-refractivity contribution is 5.91. The zero-order valence-corrected chi connectivity index (χ0v) is 15.6. The molecule has 0 saturated carbocycles. The Morgan fingerprint density at radius 2 is 1.89 bits per heavy atom. The quantitative estimate of drug-likeness (QED) is 0.831. The van der Waals surface area contributed by atoms with E-state index in [9.17, 15) is 9.59 Å². The molecule has 0 atom stereocenters. The van der Waals surface area contributed by atoms with Gasteiger partial charge in [0.1, 0.15) is 5.60 Å². The fourth-order valence-electron chi connectivity index (χ4n) is 4.05. The molecule has 2 saturated heterocycles. The van der Waals surface area contributed by atoms with Crippen molar-refractivity contribution in [1.29, 1.82) is 0 Å². The van der Waals surface area contributed by atoms with Gasteiger partial charge < -0.3 is 14.2 Å². The highest BCUT2D eigenvalue weighted by atomic mass is 16.6. The molecule has 0 bridgehead atoms. The Morgan fingerprint density at radius 1 is 1.19 bits per heavy atom. The van der Waals surface area contributed by atoms with Crippen LogP contribution >= 0.6 is 0 Å². The van der Waals surface area contributed by atoms with E-state index < -0.39 is 5.60 Å². The van der Waals surface area contributed by atoms with Crippen LogP contribution in [0, 0.1) is 13.8 Å². The van der Waals surface area contributed by atoms with Crippen molar-refractivity contribution in [3.8, 4) is 0 Å². The van der Waals surface area contributed by atoms with E-state index in [-0.39, 0.29) is 17.8 Å². The lowest BCUT2D eigenvalue weighted by Crippen LogP contribution is -2.48. The number of aromatic nitrogens is 1. The van der Waals surface area contributed by atoms with Crippen LogP contribution in [-0.2, 0) is 11.3 Å². The third-order valence-electron chi connectivity index (χ3n) is 5.31. The molecule has 1 spiro atoms. The van der Waals surface area contributed by atoms with Crippen molar-refractivity contribution in [2.24, 2.45) is 0 Å². The van der Waals surface area contributed by atoms with Gasteiger partial charge in [0.05, 0.1) is 12.7 Å². The van der Waals surface area contributed by atoms with Gasteiger partial charge in [0.2, 0.25) is 5.76 Å². The molecule has 7 heteroatoms. The monoisotopic (exact) mass is 369 g/mol. The first kappa shape index (κ1) is 17.6. The second-order valence-corrected chi connectivity index (χ2v) is 7.57. The predicted molar refractivity (Wildman–Crippen MR) is 97.2 cm³/mol. The molecule has 1 aromatic carbocycles. The molecule has 0 N–H and O–H groups in total. The molecule has 4 rings (SSSR count). The second-order valence-electron chi connectivity index (χ2n) is 7.57. The summed E-state index contributed by atoms with van der Waals surface area (Å²) in [5, 5.41) is 3.58. The van der Waals surface area contributed by atoms with Gasteiger partial charge in [-0.05, 0) is 19.4 Å². The molecule has 3 heterocycles. The molecule has 142 valence electrons. The van der Waals surface area contributed by atoms with Gasteiger partial charge >= 0.3 is 6.09 Å². The summed E-state index contributed by atoms with van der Waals surface area (Å²) in [6, 6.07) is 7.89. The Bertz CT molecular complexity index is 834. The Balaban J connectivity index is 1.40. The van der Waals surface area contributed by atoms with Crippen LogP contribution in [0.5, 0.6) is 0 Å². The second kappa shape index (κ2) is 6.72. The van der Waals surface area contributed by atoms with Gasteiger partial charge in [-0.25, -0.2) is 4.79 Å². The number of nitrogens with zero attached hydrogens (tertiary/aromatic N) is 3. The van der Waals surface area contributed by atoms with Crippen molar-refractivity contribution in [3.63, 3.8) is 0 Å². The molecule has 1 aromatic heterocycles. The molecule has 0 aliphatic carbocycles. The number of carbonyl (C=O) groups excluding carboxylic acids is 2. The first-order chi connectivity index (χ1) is 12.9. The topological polar surface area (TPSA) is 75.9 Å². The minimum atomic E-state index is -0.506. The lowest BCUT2D eigenvalue weighted by Gasteiger charge is -2.36. The third kappa shape index (κ3) is 3.54. The van der Waals surface area contributed by atoms with Gasteiger partial charge in [-0.1, -0.05) is 34.5 Å². The molecular weight excluding hydrogens is 346 g/mol. The molecule has 2 fully saturated rings.